The fourth-order valence-corrected chi connectivity index (χ4v) is 4.61. The van der Waals surface area contributed by atoms with E-state index in [-0.39, 0.29) is 28.4 Å². The van der Waals surface area contributed by atoms with Gasteiger partial charge in [-0.15, -0.1) is 0 Å². The standard InChI is InChI=1S/C31H36FN7O4/c1-6-38-12-14-39(15-13-38)21-10-11-23(25(16-21)37-30(41)43-31(2,3)4)35-27-17-24(20(18-33)19-34-27)36-29(40)28-22(32)8-7-9-26(28)42-5/h7-11,16-17,19H,6,12-15H2,1-5H3,(H,37,41)(H2,34,35,36,40). The Morgan fingerprint density at radius 1 is 1.05 bits per heavy atom. The van der Waals surface area contributed by atoms with E-state index in [9.17, 15) is 19.2 Å². The number of rotatable bonds is 8. The van der Waals surface area contributed by atoms with Crippen LogP contribution in [0.15, 0.2) is 48.7 Å². The van der Waals surface area contributed by atoms with E-state index in [1.807, 2.05) is 24.3 Å². The predicted octanol–water partition coefficient (Wildman–Crippen LogP) is 5.59. The molecule has 4 rings (SSSR count). The van der Waals surface area contributed by atoms with Gasteiger partial charge in [0.2, 0.25) is 0 Å². The third-order valence-electron chi connectivity index (χ3n) is 6.78. The summed E-state index contributed by atoms with van der Waals surface area (Å²) in [7, 11) is 1.33. The zero-order valence-corrected chi connectivity index (χ0v) is 25.0. The number of nitriles is 1. The van der Waals surface area contributed by atoms with Crippen LogP contribution in [0.2, 0.25) is 0 Å². The summed E-state index contributed by atoms with van der Waals surface area (Å²) in [5.41, 5.74) is 1.09. The van der Waals surface area contributed by atoms with Crippen LogP contribution in [0.5, 0.6) is 5.75 Å². The lowest BCUT2D eigenvalue weighted by molar-refractivity contribution is 0.0635. The molecule has 2 heterocycles. The molecule has 3 N–H and O–H groups in total. The maximum Gasteiger partial charge on any atom is 0.412 e. The number of methoxy groups -OCH3 is 1. The highest BCUT2D eigenvalue weighted by Gasteiger charge is 2.22. The second-order valence-electron chi connectivity index (χ2n) is 10.9. The quantitative estimate of drug-likeness (QED) is 0.308. The third kappa shape index (κ3) is 7.90. The maximum atomic E-state index is 14.5. The molecule has 1 aliphatic heterocycles. The van der Waals surface area contributed by atoms with Crippen molar-refractivity contribution in [3.63, 3.8) is 0 Å². The van der Waals surface area contributed by atoms with E-state index in [1.54, 1.807) is 20.8 Å². The first-order valence-corrected chi connectivity index (χ1v) is 13.9. The van der Waals surface area contributed by atoms with Crippen molar-refractivity contribution < 1.29 is 23.5 Å². The fraction of sp³-hybridized carbons (Fsp3) is 0.355. The number of halogens is 1. The van der Waals surface area contributed by atoms with E-state index < -0.39 is 23.4 Å². The lowest BCUT2D eigenvalue weighted by Crippen LogP contribution is -2.46. The van der Waals surface area contributed by atoms with E-state index in [0.717, 1.165) is 44.5 Å². The topological polar surface area (TPSA) is 132 Å². The minimum absolute atomic E-state index is 0.0532. The Kier molecular flexibility index (Phi) is 9.67. The third-order valence-corrected chi connectivity index (χ3v) is 6.78. The van der Waals surface area contributed by atoms with E-state index in [1.165, 1.54) is 31.5 Å². The second-order valence-corrected chi connectivity index (χ2v) is 10.9. The van der Waals surface area contributed by atoms with Gasteiger partial charge in [0.1, 0.15) is 34.6 Å². The van der Waals surface area contributed by atoms with Crippen molar-refractivity contribution in [2.24, 2.45) is 0 Å². The number of nitrogens with one attached hydrogen (secondary N) is 3. The van der Waals surface area contributed by atoms with E-state index in [2.05, 4.69) is 37.7 Å². The van der Waals surface area contributed by atoms with Crippen molar-refractivity contribution in [3.05, 3.63) is 65.6 Å². The Balaban J connectivity index is 1.63. The first-order chi connectivity index (χ1) is 20.5. The number of piperazine rings is 1. The van der Waals surface area contributed by atoms with Crippen LogP contribution in [0, 0.1) is 17.1 Å². The molecule has 0 atom stereocenters. The number of benzene rings is 2. The van der Waals surface area contributed by atoms with Gasteiger partial charge >= 0.3 is 6.09 Å². The first kappa shape index (κ1) is 31.1. The monoisotopic (exact) mass is 589 g/mol. The second kappa shape index (κ2) is 13.4. The molecule has 0 radical (unpaired) electrons. The number of pyridine rings is 1. The van der Waals surface area contributed by atoms with Crippen molar-refractivity contribution in [2.75, 3.05) is 60.7 Å². The number of aromatic nitrogens is 1. The smallest absolute Gasteiger partial charge is 0.412 e. The molecule has 1 aliphatic rings. The van der Waals surface area contributed by atoms with Gasteiger partial charge in [-0.05, 0) is 57.6 Å². The lowest BCUT2D eigenvalue weighted by atomic mass is 10.1. The maximum absolute atomic E-state index is 14.5. The number of carbonyl (C=O) groups is 2. The summed E-state index contributed by atoms with van der Waals surface area (Å²) in [6.45, 7) is 12.1. The van der Waals surface area contributed by atoms with E-state index >= 15 is 0 Å². The Hall–Kier alpha value is -4.89. The molecule has 12 heteroatoms. The number of nitrogens with zero attached hydrogens (tertiary/aromatic N) is 4. The van der Waals surface area contributed by atoms with Gasteiger partial charge in [-0.1, -0.05) is 13.0 Å². The Morgan fingerprint density at radius 3 is 2.44 bits per heavy atom. The average molecular weight is 590 g/mol. The van der Waals surface area contributed by atoms with Crippen LogP contribution in [0.4, 0.5) is 37.8 Å². The van der Waals surface area contributed by atoms with E-state index in [4.69, 9.17) is 9.47 Å². The highest BCUT2D eigenvalue weighted by atomic mass is 19.1. The fourth-order valence-electron chi connectivity index (χ4n) is 4.61. The molecule has 1 fully saturated rings. The summed E-state index contributed by atoms with van der Waals surface area (Å²) in [5, 5.41) is 18.2. The van der Waals surface area contributed by atoms with Crippen molar-refractivity contribution in [3.8, 4) is 11.8 Å². The number of amides is 2. The number of hydrogen-bond donors (Lipinski definition) is 3. The lowest BCUT2D eigenvalue weighted by Gasteiger charge is -2.35. The number of anilines is 5. The minimum Gasteiger partial charge on any atom is -0.496 e. The zero-order valence-electron chi connectivity index (χ0n) is 25.0. The van der Waals surface area contributed by atoms with Crippen molar-refractivity contribution in [1.29, 1.82) is 5.26 Å². The minimum atomic E-state index is -0.789. The molecule has 0 spiro atoms. The molecular weight excluding hydrogens is 553 g/mol. The van der Waals surface area contributed by atoms with Gasteiger partial charge in [0, 0.05) is 44.1 Å². The zero-order chi connectivity index (χ0) is 31.1. The molecule has 2 amide bonds. The Morgan fingerprint density at radius 2 is 1.79 bits per heavy atom. The molecule has 0 saturated carbocycles. The molecule has 1 aromatic heterocycles. The molecule has 0 bridgehead atoms. The Bertz CT molecular complexity index is 1530. The summed E-state index contributed by atoms with van der Waals surface area (Å²) in [4.78, 5) is 34.7. The van der Waals surface area contributed by atoms with Crippen LogP contribution in [0.25, 0.3) is 0 Å². The van der Waals surface area contributed by atoms with Crippen molar-refractivity contribution >= 4 is 40.6 Å². The molecule has 226 valence electrons. The highest BCUT2D eigenvalue weighted by molar-refractivity contribution is 6.07. The van der Waals surface area contributed by atoms with Crippen LogP contribution >= 0.6 is 0 Å². The number of ether oxygens (including phenoxy) is 2. The highest BCUT2D eigenvalue weighted by Crippen LogP contribution is 2.32. The molecule has 2 aromatic carbocycles. The van der Waals surface area contributed by atoms with Gasteiger partial charge in [-0.2, -0.15) is 5.26 Å². The molecule has 1 saturated heterocycles. The molecule has 3 aromatic rings. The number of likely N-dealkylation sites (N-methyl/N-ethyl adjacent to an activating group) is 1. The number of carbonyl (C=O) groups excluding carboxylic acids is 2. The van der Waals surface area contributed by atoms with E-state index in [0.29, 0.717) is 11.4 Å². The summed E-state index contributed by atoms with van der Waals surface area (Å²) >= 11 is 0. The van der Waals surface area contributed by atoms with Gasteiger partial charge in [0.15, 0.2) is 0 Å². The summed E-state index contributed by atoms with van der Waals surface area (Å²) in [6, 6.07) is 13.1. The summed E-state index contributed by atoms with van der Waals surface area (Å²) in [6.07, 6.45) is 0.669. The van der Waals surface area contributed by atoms with Crippen molar-refractivity contribution in [1.82, 2.24) is 9.88 Å². The molecule has 11 nitrogen and oxygen atoms in total. The summed E-state index contributed by atoms with van der Waals surface area (Å²) < 4.78 is 25.1. The van der Waals surface area contributed by atoms with Crippen LogP contribution in [0.3, 0.4) is 0 Å². The van der Waals surface area contributed by atoms with Crippen molar-refractivity contribution in [2.45, 2.75) is 33.3 Å². The van der Waals surface area contributed by atoms with Crippen LogP contribution in [0.1, 0.15) is 43.6 Å². The normalized spacial score (nSPS) is 13.6. The Labute approximate surface area is 250 Å². The average Bonchev–Trinajstić information content (AvgIpc) is 2.97. The van der Waals surface area contributed by atoms with Crippen LogP contribution in [-0.4, -0.2) is 67.3 Å². The molecule has 43 heavy (non-hydrogen) atoms. The predicted molar refractivity (Wildman–Crippen MR) is 164 cm³/mol. The molecular formula is C31H36FN7O4. The van der Waals surface area contributed by atoms with Gasteiger partial charge in [0.25, 0.3) is 5.91 Å². The molecule has 0 unspecified atom stereocenters. The van der Waals surface area contributed by atoms with Gasteiger partial charge in [-0.25, -0.2) is 14.2 Å². The van der Waals surface area contributed by atoms with Gasteiger partial charge < -0.3 is 29.9 Å². The SMILES string of the molecule is CCN1CCN(c2ccc(Nc3cc(NC(=O)c4c(F)cccc4OC)c(C#N)cn3)c(NC(=O)OC(C)(C)C)c2)CC1. The van der Waals surface area contributed by atoms with Crippen LogP contribution < -0.4 is 25.6 Å². The molecule has 0 aliphatic carbocycles. The first-order valence-electron chi connectivity index (χ1n) is 13.9. The number of hydrogen-bond acceptors (Lipinski definition) is 9. The van der Waals surface area contributed by atoms with Gasteiger partial charge in [0.05, 0.1) is 29.7 Å². The van der Waals surface area contributed by atoms with Gasteiger partial charge in [-0.3, -0.25) is 10.1 Å². The largest absolute Gasteiger partial charge is 0.496 e. The summed E-state index contributed by atoms with van der Waals surface area (Å²) in [5.74, 6) is -1.23. The van der Waals surface area contributed by atoms with Crippen LogP contribution in [-0.2, 0) is 4.74 Å².